The molecule has 0 aliphatic rings. The van der Waals surface area contributed by atoms with Crippen molar-refractivity contribution >= 4 is 43.0 Å². The van der Waals surface area contributed by atoms with Crippen LogP contribution < -0.4 is 10.0 Å². The van der Waals surface area contributed by atoms with E-state index in [4.69, 9.17) is 0 Å². The number of amides is 1. The zero-order chi connectivity index (χ0) is 18.0. The number of rotatable bonds is 5. The second-order valence-corrected chi connectivity index (χ2v) is 8.70. The number of anilines is 1. The van der Waals surface area contributed by atoms with Crippen molar-refractivity contribution in [1.29, 1.82) is 0 Å². The molecule has 3 rings (SSSR count). The maximum absolute atomic E-state index is 12.4. The van der Waals surface area contributed by atoms with E-state index in [1.807, 2.05) is 30.3 Å². The molecule has 0 saturated heterocycles. The first-order valence-corrected chi connectivity index (χ1v) is 10.1. The van der Waals surface area contributed by atoms with E-state index in [9.17, 15) is 13.2 Å². The van der Waals surface area contributed by atoms with E-state index in [1.54, 1.807) is 26.0 Å². The second kappa shape index (κ2) is 6.95. The van der Waals surface area contributed by atoms with Gasteiger partial charge in [-0.25, -0.2) is 13.1 Å². The Bertz CT molecular complexity index is 973. The molecule has 5 nitrogen and oxygen atoms in total. The molecule has 0 aliphatic heterocycles. The van der Waals surface area contributed by atoms with Crippen LogP contribution in [0.3, 0.4) is 0 Å². The number of fused-ring (bicyclic) bond motifs is 1. The van der Waals surface area contributed by atoms with Crippen LogP contribution in [0, 0.1) is 0 Å². The van der Waals surface area contributed by atoms with Gasteiger partial charge in [0.15, 0.2) is 0 Å². The van der Waals surface area contributed by atoms with Crippen LogP contribution in [0.1, 0.15) is 23.5 Å². The Hall–Kier alpha value is -2.22. The number of benzene rings is 2. The van der Waals surface area contributed by atoms with Gasteiger partial charge in [0.05, 0.1) is 9.77 Å². The maximum atomic E-state index is 12.4. The van der Waals surface area contributed by atoms with Crippen molar-refractivity contribution in [2.45, 2.75) is 24.8 Å². The maximum Gasteiger partial charge on any atom is 0.265 e. The largest absolute Gasteiger partial charge is 0.321 e. The predicted molar refractivity (Wildman–Crippen MR) is 102 cm³/mol. The van der Waals surface area contributed by atoms with Crippen LogP contribution >= 0.6 is 11.3 Å². The number of carbonyl (C=O) groups is 1. The molecule has 2 N–H and O–H groups in total. The van der Waals surface area contributed by atoms with Crippen LogP contribution in [0.25, 0.3) is 10.1 Å². The van der Waals surface area contributed by atoms with E-state index in [1.165, 1.54) is 23.5 Å². The highest BCUT2D eigenvalue weighted by atomic mass is 32.2. The molecule has 0 saturated carbocycles. The molecule has 25 heavy (non-hydrogen) atoms. The van der Waals surface area contributed by atoms with Crippen LogP contribution in [0.2, 0.25) is 0 Å². The molecule has 0 atom stereocenters. The van der Waals surface area contributed by atoms with Crippen molar-refractivity contribution in [3.63, 3.8) is 0 Å². The van der Waals surface area contributed by atoms with E-state index in [0.29, 0.717) is 10.6 Å². The van der Waals surface area contributed by atoms with Gasteiger partial charge in [0.25, 0.3) is 5.91 Å². The van der Waals surface area contributed by atoms with Crippen molar-refractivity contribution < 1.29 is 13.2 Å². The summed E-state index contributed by atoms with van der Waals surface area (Å²) in [5, 5.41) is 3.82. The molecular formula is C18H18N2O3S2. The van der Waals surface area contributed by atoms with Crippen LogP contribution in [0.4, 0.5) is 5.69 Å². The Morgan fingerprint density at radius 1 is 1.04 bits per heavy atom. The molecule has 0 unspecified atom stereocenters. The van der Waals surface area contributed by atoms with Gasteiger partial charge in [-0.2, -0.15) is 0 Å². The summed E-state index contributed by atoms with van der Waals surface area (Å²) in [5.41, 5.74) is 0.547. The molecule has 0 radical (unpaired) electrons. The third kappa shape index (κ3) is 4.07. The highest BCUT2D eigenvalue weighted by molar-refractivity contribution is 7.89. The zero-order valence-electron chi connectivity index (χ0n) is 13.8. The Balaban J connectivity index is 1.76. The summed E-state index contributed by atoms with van der Waals surface area (Å²) >= 11 is 1.42. The van der Waals surface area contributed by atoms with Crippen LogP contribution in [0.5, 0.6) is 0 Å². The van der Waals surface area contributed by atoms with Crippen LogP contribution in [-0.4, -0.2) is 20.4 Å². The van der Waals surface area contributed by atoms with Gasteiger partial charge in [0.2, 0.25) is 10.0 Å². The summed E-state index contributed by atoms with van der Waals surface area (Å²) in [7, 11) is -3.53. The van der Waals surface area contributed by atoms with Gasteiger partial charge in [-0.05, 0) is 55.6 Å². The van der Waals surface area contributed by atoms with E-state index in [-0.39, 0.29) is 16.8 Å². The molecule has 7 heteroatoms. The van der Waals surface area contributed by atoms with E-state index in [0.717, 1.165) is 10.1 Å². The van der Waals surface area contributed by atoms with Crippen LogP contribution in [0.15, 0.2) is 59.5 Å². The SMILES string of the molecule is CC(C)NS(=O)(=O)c1ccc(NC(=O)c2cc3ccccc3s2)cc1. The second-order valence-electron chi connectivity index (χ2n) is 5.90. The lowest BCUT2D eigenvalue weighted by Crippen LogP contribution is -2.30. The molecule has 0 aliphatic carbocycles. The summed E-state index contributed by atoms with van der Waals surface area (Å²) in [6.45, 7) is 3.52. The van der Waals surface area contributed by atoms with Crippen molar-refractivity contribution in [2.75, 3.05) is 5.32 Å². The smallest absolute Gasteiger partial charge is 0.265 e. The van der Waals surface area contributed by atoms with Crippen molar-refractivity contribution in [3.05, 3.63) is 59.5 Å². The Labute approximate surface area is 150 Å². The van der Waals surface area contributed by atoms with Gasteiger partial charge in [-0.3, -0.25) is 4.79 Å². The lowest BCUT2D eigenvalue weighted by molar-refractivity contribution is 0.103. The van der Waals surface area contributed by atoms with E-state index >= 15 is 0 Å². The van der Waals surface area contributed by atoms with Crippen molar-refractivity contribution in [3.8, 4) is 0 Å². The Kier molecular flexibility index (Phi) is 4.89. The average molecular weight is 374 g/mol. The number of nitrogens with one attached hydrogen (secondary N) is 2. The van der Waals surface area contributed by atoms with Gasteiger partial charge in [0, 0.05) is 16.4 Å². The lowest BCUT2D eigenvalue weighted by atomic mass is 10.2. The first-order chi connectivity index (χ1) is 11.8. The number of carbonyl (C=O) groups excluding carboxylic acids is 1. The molecule has 2 aromatic carbocycles. The number of hydrogen-bond acceptors (Lipinski definition) is 4. The van der Waals surface area contributed by atoms with Crippen molar-refractivity contribution in [2.24, 2.45) is 0 Å². The Morgan fingerprint density at radius 3 is 2.36 bits per heavy atom. The van der Waals surface area contributed by atoms with Gasteiger partial charge in [-0.15, -0.1) is 11.3 Å². The fraction of sp³-hybridized carbons (Fsp3) is 0.167. The standard InChI is InChI=1S/C18H18N2O3S2/c1-12(2)20-25(22,23)15-9-7-14(8-10-15)19-18(21)17-11-13-5-3-4-6-16(13)24-17/h3-12,20H,1-2H3,(H,19,21). The molecule has 130 valence electrons. The zero-order valence-corrected chi connectivity index (χ0v) is 15.4. The molecule has 1 heterocycles. The third-order valence-electron chi connectivity index (χ3n) is 3.46. The summed E-state index contributed by atoms with van der Waals surface area (Å²) in [6, 6.07) is 15.6. The molecule has 0 bridgehead atoms. The van der Waals surface area contributed by atoms with Crippen molar-refractivity contribution in [1.82, 2.24) is 4.72 Å². The normalized spacial score (nSPS) is 11.8. The first-order valence-electron chi connectivity index (χ1n) is 7.77. The molecule has 1 amide bonds. The van der Waals surface area contributed by atoms with E-state index < -0.39 is 10.0 Å². The van der Waals surface area contributed by atoms with Crippen LogP contribution in [-0.2, 0) is 10.0 Å². The first kappa shape index (κ1) is 17.6. The summed E-state index contributed by atoms with van der Waals surface area (Å²) in [5.74, 6) is -0.211. The fourth-order valence-corrected chi connectivity index (χ4v) is 4.59. The monoisotopic (exact) mass is 374 g/mol. The molecule has 0 spiro atoms. The van der Waals surface area contributed by atoms with Gasteiger partial charge >= 0.3 is 0 Å². The van der Waals surface area contributed by atoms with E-state index in [2.05, 4.69) is 10.0 Å². The van der Waals surface area contributed by atoms with Gasteiger partial charge in [-0.1, -0.05) is 18.2 Å². The number of hydrogen-bond donors (Lipinski definition) is 2. The summed E-state index contributed by atoms with van der Waals surface area (Å²) in [6.07, 6.45) is 0. The average Bonchev–Trinajstić information content (AvgIpc) is 2.98. The quantitative estimate of drug-likeness (QED) is 0.712. The lowest BCUT2D eigenvalue weighted by Gasteiger charge is -2.10. The topological polar surface area (TPSA) is 75.3 Å². The predicted octanol–water partition coefficient (Wildman–Crippen LogP) is 3.84. The minimum atomic E-state index is -3.53. The number of sulfonamides is 1. The molecule has 0 fully saturated rings. The van der Waals surface area contributed by atoms with Gasteiger partial charge in [0.1, 0.15) is 0 Å². The minimum absolute atomic E-state index is 0.168. The number of thiophene rings is 1. The summed E-state index contributed by atoms with van der Waals surface area (Å²) < 4.78 is 27.8. The highest BCUT2D eigenvalue weighted by Crippen LogP contribution is 2.26. The molecule has 1 aromatic heterocycles. The molecular weight excluding hydrogens is 356 g/mol. The third-order valence-corrected chi connectivity index (χ3v) is 6.25. The summed E-state index contributed by atoms with van der Waals surface area (Å²) in [4.78, 5) is 13.2. The molecule has 3 aromatic rings. The Morgan fingerprint density at radius 2 is 1.72 bits per heavy atom. The van der Waals surface area contributed by atoms with Gasteiger partial charge < -0.3 is 5.32 Å². The minimum Gasteiger partial charge on any atom is -0.321 e. The highest BCUT2D eigenvalue weighted by Gasteiger charge is 2.15. The fourth-order valence-electron chi connectivity index (χ4n) is 2.38.